The SMILES string of the molecule is CC(CNCc1ccc(OCC(N)=O)cc1)N(C)C. The van der Waals surface area contributed by atoms with Gasteiger partial charge in [0.15, 0.2) is 6.61 Å². The van der Waals surface area contributed by atoms with E-state index in [0.29, 0.717) is 11.8 Å². The summed E-state index contributed by atoms with van der Waals surface area (Å²) in [6.45, 7) is 3.84. The molecule has 0 fully saturated rings. The topological polar surface area (TPSA) is 67.6 Å². The second-order valence-corrected chi connectivity index (χ2v) is 4.84. The normalized spacial score (nSPS) is 12.4. The van der Waals surface area contributed by atoms with Crippen molar-refractivity contribution >= 4 is 5.91 Å². The fourth-order valence-corrected chi connectivity index (χ4v) is 1.47. The Morgan fingerprint density at radius 2 is 2.00 bits per heavy atom. The number of likely N-dealkylation sites (N-methyl/N-ethyl adjacent to an activating group) is 1. The summed E-state index contributed by atoms with van der Waals surface area (Å²) in [6.07, 6.45) is 0. The third-order valence-electron chi connectivity index (χ3n) is 2.95. The Morgan fingerprint density at radius 1 is 1.37 bits per heavy atom. The van der Waals surface area contributed by atoms with Crippen molar-refractivity contribution in [3.63, 3.8) is 0 Å². The predicted octanol–water partition coefficient (Wildman–Crippen LogP) is 0.590. The molecular formula is C14H23N3O2. The molecule has 0 aliphatic heterocycles. The van der Waals surface area contributed by atoms with Gasteiger partial charge in [0.2, 0.25) is 0 Å². The summed E-state index contributed by atoms with van der Waals surface area (Å²) in [7, 11) is 4.13. The number of benzene rings is 1. The van der Waals surface area contributed by atoms with Crippen molar-refractivity contribution < 1.29 is 9.53 Å². The number of carbonyl (C=O) groups is 1. The summed E-state index contributed by atoms with van der Waals surface area (Å²) in [4.78, 5) is 12.8. The van der Waals surface area contributed by atoms with Crippen molar-refractivity contribution in [3.05, 3.63) is 29.8 Å². The van der Waals surface area contributed by atoms with Gasteiger partial charge in [-0.2, -0.15) is 0 Å². The van der Waals surface area contributed by atoms with Crippen LogP contribution in [0.2, 0.25) is 0 Å². The Kier molecular flexibility index (Phi) is 6.32. The van der Waals surface area contributed by atoms with Gasteiger partial charge in [0.1, 0.15) is 5.75 Å². The Labute approximate surface area is 114 Å². The number of nitrogens with zero attached hydrogens (tertiary/aromatic N) is 1. The fourth-order valence-electron chi connectivity index (χ4n) is 1.47. The number of amides is 1. The molecule has 3 N–H and O–H groups in total. The van der Waals surface area contributed by atoms with Crippen LogP contribution in [0.25, 0.3) is 0 Å². The molecule has 0 heterocycles. The highest BCUT2D eigenvalue weighted by Gasteiger charge is 2.03. The number of rotatable bonds is 8. The molecule has 1 aromatic rings. The van der Waals surface area contributed by atoms with Gasteiger partial charge < -0.3 is 20.7 Å². The van der Waals surface area contributed by atoms with Gasteiger partial charge in [-0.1, -0.05) is 12.1 Å². The zero-order valence-electron chi connectivity index (χ0n) is 11.8. The van der Waals surface area contributed by atoms with E-state index in [1.807, 2.05) is 24.3 Å². The van der Waals surface area contributed by atoms with Crippen LogP contribution < -0.4 is 15.8 Å². The smallest absolute Gasteiger partial charge is 0.255 e. The van der Waals surface area contributed by atoms with Crippen molar-refractivity contribution in [3.8, 4) is 5.75 Å². The molecule has 0 aliphatic rings. The van der Waals surface area contributed by atoms with Gasteiger partial charge in [0.25, 0.3) is 5.91 Å². The molecule has 1 aromatic carbocycles. The lowest BCUT2D eigenvalue weighted by atomic mass is 10.2. The van der Waals surface area contributed by atoms with Crippen LogP contribution >= 0.6 is 0 Å². The van der Waals surface area contributed by atoms with Gasteiger partial charge in [-0.05, 0) is 38.7 Å². The molecule has 106 valence electrons. The largest absolute Gasteiger partial charge is 0.484 e. The maximum Gasteiger partial charge on any atom is 0.255 e. The Hall–Kier alpha value is -1.59. The molecule has 19 heavy (non-hydrogen) atoms. The highest BCUT2D eigenvalue weighted by atomic mass is 16.5. The van der Waals surface area contributed by atoms with Gasteiger partial charge in [-0.25, -0.2) is 0 Å². The first-order chi connectivity index (χ1) is 8.99. The van der Waals surface area contributed by atoms with Gasteiger partial charge in [-0.15, -0.1) is 0 Å². The van der Waals surface area contributed by atoms with E-state index in [2.05, 4.69) is 31.2 Å². The van der Waals surface area contributed by atoms with E-state index in [9.17, 15) is 4.79 Å². The maximum absolute atomic E-state index is 10.6. The van der Waals surface area contributed by atoms with Gasteiger partial charge in [0, 0.05) is 19.1 Å². The summed E-state index contributed by atoms with van der Waals surface area (Å²) < 4.78 is 5.19. The van der Waals surface area contributed by atoms with Crippen LogP contribution in [0.4, 0.5) is 0 Å². The minimum absolute atomic E-state index is 0.0854. The Morgan fingerprint density at radius 3 is 2.53 bits per heavy atom. The standard InChI is InChI=1S/C14H23N3O2/c1-11(17(2)3)8-16-9-12-4-6-13(7-5-12)19-10-14(15)18/h4-7,11,16H,8-10H2,1-3H3,(H2,15,18). The number of hydrogen-bond acceptors (Lipinski definition) is 4. The third-order valence-corrected chi connectivity index (χ3v) is 2.95. The van der Waals surface area contributed by atoms with Crippen molar-refractivity contribution in [2.24, 2.45) is 5.73 Å². The van der Waals surface area contributed by atoms with Crippen LogP contribution in [0.15, 0.2) is 24.3 Å². The molecule has 0 radical (unpaired) electrons. The molecular weight excluding hydrogens is 242 g/mol. The number of primary amides is 1. The van der Waals surface area contributed by atoms with Crippen molar-refractivity contribution in [1.82, 2.24) is 10.2 Å². The molecule has 0 aromatic heterocycles. The Balaban J connectivity index is 2.34. The van der Waals surface area contributed by atoms with Crippen LogP contribution in [0, 0.1) is 0 Å². The van der Waals surface area contributed by atoms with Crippen LogP contribution in [0.5, 0.6) is 5.75 Å². The first-order valence-corrected chi connectivity index (χ1v) is 6.36. The number of nitrogens with two attached hydrogens (primary N) is 1. The second kappa shape index (κ2) is 7.76. The van der Waals surface area contributed by atoms with Crippen LogP contribution in [0.3, 0.4) is 0 Å². The molecule has 1 rings (SSSR count). The average Bonchev–Trinajstić information content (AvgIpc) is 2.37. The zero-order chi connectivity index (χ0) is 14.3. The van der Waals surface area contributed by atoms with E-state index in [-0.39, 0.29) is 6.61 Å². The highest BCUT2D eigenvalue weighted by molar-refractivity contribution is 5.75. The fraction of sp³-hybridized carbons (Fsp3) is 0.500. The third kappa shape index (κ3) is 6.22. The zero-order valence-corrected chi connectivity index (χ0v) is 11.8. The summed E-state index contributed by atoms with van der Waals surface area (Å²) >= 11 is 0. The van der Waals surface area contributed by atoms with Gasteiger partial charge in [0.05, 0.1) is 0 Å². The van der Waals surface area contributed by atoms with Crippen molar-refractivity contribution in [2.75, 3.05) is 27.2 Å². The minimum atomic E-state index is -0.469. The molecule has 0 bridgehead atoms. The van der Waals surface area contributed by atoms with E-state index < -0.39 is 5.91 Å². The van der Waals surface area contributed by atoms with Crippen molar-refractivity contribution in [2.45, 2.75) is 19.5 Å². The molecule has 5 heteroatoms. The van der Waals surface area contributed by atoms with Gasteiger partial charge in [-0.3, -0.25) is 4.79 Å². The van der Waals surface area contributed by atoms with E-state index >= 15 is 0 Å². The molecule has 0 saturated carbocycles. The minimum Gasteiger partial charge on any atom is -0.484 e. The summed E-state index contributed by atoms with van der Waals surface area (Å²) in [5, 5.41) is 3.40. The quantitative estimate of drug-likeness (QED) is 0.722. The van der Waals surface area contributed by atoms with Crippen LogP contribution in [-0.4, -0.2) is 44.1 Å². The summed E-state index contributed by atoms with van der Waals surface area (Å²) in [6, 6.07) is 8.14. The predicted molar refractivity (Wildman–Crippen MR) is 76.0 cm³/mol. The van der Waals surface area contributed by atoms with Crippen molar-refractivity contribution in [1.29, 1.82) is 0 Å². The molecule has 0 saturated heterocycles. The van der Waals surface area contributed by atoms with E-state index in [0.717, 1.165) is 13.1 Å². The van der Waals surface area contributed by atoms with Crippen LogP contribution in [0.1, 0.15) is 12.5 Å². The summed E-state index contributed by atoms with van der Waals surface area (Å²) in [5.74, 6) is 0.188. The highest BCUT2D eigenvalue weighted by Crippen LogP contribution is 2.11. The lowest BCUT2D eigenvalue weighted by Gasteiger charge is -2.20. The van der Waals surface area contributed by atoms with Gasteiger partial charge >= 0.3 is 0 Å². The van der Waals surface area contributed by atoms with E-state index in [1.165, 1.54) is 5.56 Å². The summed E-state index contributed by atoms with van der Waals surface area (Å²) in [5.41, 5.74) is 6.19. The molecule has 1 amide bonds. The number of ether oxygens (including phenoxy) is 1. The second-order valence-electron chi connectivity index (χ2n) is 4.84. The van der Waals surface area contributed by atoms with Crippen LogP contribution in [-0.2, 0) is 11.3 Å². The Bertz CT molecular complexity index is 390. The number of nitrogens with one attached hydrogen (secondary N) is 1. The monoisotopic (exact) mass is 265 g/mol. The molecule has 1 unspecified atom stereocenters. The van der Waals surface area contributed by atoms with E-state index in [4.69, 9.17) is 10.5 Å². The maximum atomic E-state index is 10.6. The first-order valence-electron chi connectivity index (χ1n) is 6.36. The lowest BCUT2D eigenvalue weighted by molar-refractivity contribution is -0.119. The first kappa shape index (κ1) is 15.5. The molecule has 5 nitrogen and oxygen atoms in total. The molecule has 1 atom stereocenters. The average molecular weight is 265 g/mol. The molecule has 0 aliphatic carbocycles. The number of hydrogen-bond donors (Lipinski definition) is 2. The molecule has 0 spiro atoms. The lowest BCUT2D eigenvalue weighted by Crippen LogP contribution is -2.35. The van der Waals surface area contributed by atoms with E-state index in [1.54, 1.807) is 0 Å². The number of carbonyl (C=O) groups excluding carboxylic acids is 1.